The van der Waals surface area contributed by atoms with E-state index in [-0.39, 0.29) is 112 Å². The van der Waals surface area contributed by atoms with Crippen LogP contribution in [-0.2, 0) is 0 Å². The van der Waals surface area contributed by atoms with Crippen LogP contribution < -0.4 is 0 Å². The van der Waals surface area contributed by atoms with Gasteiger partial charge in [0.1, 0.15) is 115 Å². The van der Waals surface area contributed by atoms with Crippen LogP contribution in [0.2, 0.25) is 0 Å². The average molecular weight is 588 g/mol. The van der Waals surface area contributed by atoms with Gasteiger partial charge in [0.25, 0.3) is 0 Å². The fraction of sp³-hybridized carbons (Fsp3) is 0. The molecule has 46 heavy (non-hydrogen) atoms. The maximum atomic E-state index is 9.69. The second-order valence-corrected chi connectivity index (χ2v) is 8.98. The van der Waals surface area contributed by atoms with Gasteiger partial charge in [0, 0.05) is 0 Å². The molecular formula is C28N18. The summed E-state index contributed by atoms with van der Waals surface area (Å²) in [4.78, 5) is 43.6. The Labute approximate surface area is 252 Å². The SMILES string of the molecule is N#Cc1nc2c3nc(C#N)c(C#N)nc3c3nc4c5nc(C#N)c(C#N)nc5c5nc(C#N)c(C#N)nc5c4nc3c2nc1C#N. The van der Waals surface area contributed by atoms with Crippen molar-refractivity contribution in [1.29, 1.82) is 42.1 Å². The minimum absolute atomic E-state index is 0.0705. The molecule has 18 heteroatoms. The second-order valence-electron chi connectivity index (χ2n) is 8.98. The maximum Gasteiger partial charge on any atom is 0.177 e. The van der Waals surface area contributed by atoms with Gasteiger partial charge in [-0.15, -0.1) is 0 Å². The molecule has 5 aromatic heterocycles. The van der Waals surface area contributed by atoms with Gasteiger partial charge >= 0.3 is 0 Å². The molecule has 0 amide bonds. The van der Waals surface area contributed by atoms with Crippen molar-refractivity contribution in [3.63, 3.8) is 0 Å². The van der Waals surface area contributed by atoms with E-state index in [1.54, 1.807) is 48.6 Å². The van der Waals surface area contributed by atoms with E-state index < -0.39 is 0 Å². The van der Waals surface area contributed by atoms with Crippen molar-refractivity contribution < 1.29 is 0 Å². The van der Waals surface area contributed by atoms with Crippen molar-refractivity contribution in [3.8, 4) is 48.6 Å². The Bertz CT molecular complexity index is 2610. The molecule has 0 saturated carbocycles. The minimum atomic E-state index is -0.359. The number of rotatable bonds is 0. The lowest BCUT2D eigenvalue weighted by Crippen LogP contribution is -2.06. The third kappa shape index (κ3) is 3.36. The molecule has 0 aliphatic carbocycles. The van der Waals surface area contributed by atoms with Gasteiger partial charge in [0.05, 0.1) is 0 Å². The zero-order valence-electron chi connectivity index (χ0n) is 22.0. The lowest BCUT2D eigenvalue weighted by molar-refractivity contribution is 1.17. The quantitative estimate of drug-likeness (QED) is 0.179. The van der Waals surface area contributed by atoms with Crippen molar-refractivity contribution >= 4 is 66.2 Å². The van der Waals surface area contributed by atoms with Gasteiger partial charge in [-0.3, -0.25) is 0 Å². The Balaban J connectivity index is 1.85. The Morgan fingerprint density at radius 2 is 0.304 bits per heavy atom. The number of hydrogen-bond donors (Lipinski definition) is 0. The maximum absolute atomic E-state index is 9.69. The zero-order chi connectivity index (χ0) is 32.3. The fourth-order valence-electron chi connectivity index (χ4n) is 4.78. The van der Waals surface area contributed by atoms with Gasteiger partial charge in [0.15, 0.2) is 45.6 Å². The summed E-state index contributed by atoms with van der Waals surface area (Å²) < 4.78 is 0. The smallest absolute Gasteiger partial charge is 0.177 e. The summed E-state index contributed by atoms with van der Waals surface area (Å²) >= 11 is 0. The summed E-state index contributed by atoms with van der Waals surface area (Å²) in [5.41, 5.74) is -3.86. The van der Waals surface area contributed by atoms with Crippen LogP contribution in [0.3, 0.4) is 0 Å². The number of fused-ring (bicyclic) bond motifs is 12. The monoisotopic (exact) mass is 588 g/mol. The van der Waals surface area contributed by atoms with E-state index in [1.807, 2.05) is 0 Å². The van der Waals surface area contributed by atoms with Crippen LogP contribution in [0.25, 0.3) is 66.2 Å². The third-order valence-corrected chi connectivity index (χ3v) is 6.67. The average Bonchev–Trinajstić information content (AvgIpc) is 3.11. The molecule has 0 radical (unpaired) electrons. The first-order chi connectivity index (χ1) is 22.4. The first-order valence-electron chi connectivity index (χ1n) is 12.3. The lowest BCUT2D eigenvalue weighted by Gasteiger charge is -2.12. The van der Waals surface area contributed by atoms with Crippen LogP contribution >= 0.6 is 0 Å². The number of hydrogen-bond acceptors (Lipinski definition) is 18. The zero-order valence-corrected chi connectivity index (χ0v) is 22.0. The van der Waals surface area contributed by atoms with Crippen molar-refractivity contribution in [2.24, 2.45) is 0 Å². The molecule has 0 N–H and O–H groups in total. The fourth-order valence-corrected chi connectivity index (χ4v) is 4.78. The Morgan fingerprint density at radius 1 is 0.196 bits per heavy atom. The number of nitrogens with zero attached hydrogens (tertiary/aromatic N) is 18. The van der Waals surface area contributed by atoms with Gasteiger partial charge in [-0.25, -0.2) is 49.8 Å². The van der Waals surface area contributed by atoms with E-state index in [4.69, 9.17) is 9.97 Å². The molecule has 0 atom stereocenters. The summed E-state index contributed by atoms with van der Waals surface area (Å²) in [5, 5.41) is 77.3. The molecule has 7 aromatic rings. The summed E-state index contributed by atoms with van der Waals surface area (Å²) in [6, 6.07) is 14.3. The Hall–Kier alpha value is -8.68. The lowest BCUT2D eigenvalue weighted by atomic mass is 10.1. The normalized spacial score (nSPS) is 10.4. The second kappa shape index (κ2) is 9.43. The Kier molecular flexibility index (Phi) is 5.38. The predicted octanol–water partition coefficient (Wildman–Crippen LogP) is 1.53. The molecule has 202 valence electrons. The molecule has 0 bridgehead atoms. The van der Waals surface area contributed by atoms with Crippen LogP contribution in [-0.4, -0.2) is 49.8 Å². The van der Waals surface area contributed by atoms with E-state index in [9.17, 15) is 42.1 Å². The Morgan fingerprint density at radius 3 is 0.413 bits per heavy atom. The first-order valence-corrected chi connectivity index (χ1v) is 12.3. The predicted molar refractivity (Wildman–Crippen MR) is 147 cm³/mol. The van der Waals surface area contributed by atoms with E-state index >= 15 is 0 Å². The third-order valence-electron chi connectivity index (χ3n) is 6.67. The van der Waals surface area contributed by atoms with E-state index in [2.05, 4.69) is 39.9 Å². The van der Waals surface area contributed by atoms with E-state index in [0.717, 1.165) is 0 Å². The van der Waals surface area contributed by atoms with Gasteiger partial charge in [0.2, 0.25) is 0 Å². The summed E-state index contributed by atoms with van der Waals surface area (Å²) in [6.45, 7) is 0. The molecule has 2 aromatic carbocycles. The minimum Gasteiger partial charge on any atom is -0.240 e. The molecule has 18 nitrogen and oxygen atoms in total. The van der Waals surface area contributed by atoms with Crippen molar-refractivity contribution in [2.45, 2.75) is 0 Å². The highest BCUT2D eigenvalue weighted by molar-refractivity contribution is 6.24. The number of benzene rings is 2. The topological polar surface area (TPSA) is 319 Å². The van der Waals surface area contributed by atoms with Crippen molar-refractivity contribution in [3.05, 3.63) is 45.6 Å². The summed E-state index contributed by atoms with van der Waals surface area (Å²) in [6.07, 6.45) is 0. The van der Waals surface area contributed by atoms with Gasteiger partial charge in [-0.05, 0) is 0 Å². The summed E-state index contributed by atoms with van der Waals surface area (Å²) in [5.74, 6) is 0. The molecule has 0 spiro atoms. The summed E-state index contributed by atoms with van der Waals surface area (Å²) in [7, 11) is 0. The standard InChI is InChI=1S/C28N18/c29-1-9-13(5-33)41-21-17(37-9)18-22(42-14(6-34)10(2-30)38-18)26-25(21)45-27-23-19(39-11(3-31)15(7-35)43-23)20-24(28(27)46-26)44-16(8-36)12(4-32)40-20. The van der Waals surface area contributed by atoms with E-state index in [0.29, 0.717) is 0 Å². The first kappa shape index (κ1) is 26.2. The number of nitriles is 8. The van der Waals surface area contributed by atoms with Crippen molar-refractivity contribution in [2.75, 3.05) is 0 Å². The van der Waals surface area contributed by atoms with Crippen LogP contribution in [0.1, 0.15) is 45.6 Å². The number of aromatic nitrogens is 10. The molecule has 0 fully saturated rings. The molecule has 5 heterocycles. The molecule has 0 unspecified atom stereocenters. The highest BCUT2D eigenvalue weighted by atomic mass is 15.0. The highest BCUT2D eigenvalue weighted by Crippen LogP contribution is 2.36. The van der Waals surface area contributed by atoms with Crippen LogP contribution in [0.5, 0.6) is 0 Å². The molecular weight excluding hydrogens is 588 g/mol. The van der Waals surface area contributed by atoms with Gasteiger partial charge in [-0.2, -0.15) is 42.1 Å². The molecule has 0 aliphatic rings. The van der Waals surface area contributed by atoms with Crippen LogP contribution in [0, 0.1) is 90.6 Å². The van der Waals surface area contributed by atoms with Crippen molar-refractivity contribution in [1.82, 2.24) is 49.8 Å². The molecule has 0 aliphatic heterocycles. The highest BCUT2D eigenvalue weighted by Gasteiger charge is 2.26. The van der Waals surface area contributed by atoms with Crippen LogP contribution in [0.15, 0.2) is 0 Å². The van der Waals surface area contributed by atoms with Gasteiger partial charge < -0.3 is 0 Å². The van der Waals surface area contributed by atoms with Gasteiger partial charge in [-0.1, -0.05) is 0 Å². The largest absolute Gasteiger partial charge is 0.240 e. The van der Waals surface area contributed by atoms with Crippen LogP contribution in [0.4, 0.5) is 0 Å². The molecule has 7 rings (SSSR count). The van der Waals surface area contributed by atoms with E-state index in [1.165, 1.54) is 0 Å². The molecule has 0 saturated heterocycles.